The number of carbonyl (C=O) groups excluding carboxylic acids is 2. The number of fused-ring (bicyclic) bond motifs is 2. The molecule has 7 heteroatoms. The highest BCUT2D eigenvalue weighted by atomic mass is 16.5. The second-order valence-corrected chi connectivity index (χ2v) is 8.33. The van der Waals surface area contributed by atoms with Gasteiger partial charge in [-0.05, 0) is 48.6 Å². The normalized spacial score (nSPS) is 13.8. The van der Waals surface area contributed by atoms with Crippen molar-refractivity contribution in [3.63, 3.8) is 0 Å². The van der Waals surface area contributed by atoms with Gasteiger partial charge in [0.25, 0.3) is 5.91 Å². The Morgan fingerprint density at radius 2 is 1.85 bits per heavy atom. The van der Waals surface area contributed by atoms with Crippen molar-refractivity contribution in [2.75, 3.05) is 11.9 Å². The first-order chi connectivity index (χ1) is 16.5. The van der Waals surface area contributed by atoms with E-state index in [1.165, 1.54) is 0 Å². The van der Waals surface area contributed by atoms with Crippen LogP contribution >= 0.6 is 0 Å². The summed E-state index contributed by atoms with van der Waals surface area (Å²) in [5.74, 6) is -0.396. The summed E-state index contributed by atoms with van der Waals surface area (Å²) in [5, 5.41) is 7.66. The van der Waals surface area contributed by atoms with E-state index in [0.29, 0.717) is 17.8 Å². The molecule has 0 spiro atoms. The Kier molecular flexibility index (Phi) is 5.67. The molecule has 0 aliphatic heterocycles. The highest BCUT2D eigenvalue weighted by molar-refractivity contribution is 6.08. The second kappa shape index (κ2) is 8.94. The minimum atomic E-state index is -0.521. The summed E-state index contributed by atoms with van der Waals surface area (Å²) in [6, 6.07) is 19.4. The maximum Gasteiger partial charge on any atom is 0.339 e. The van der Waals surface area contributed by atoms with Crippen LogP contribution in [0.4, 0.5) is 5.82 Å². The maximum absolute atomic E-state index is 13.2. The number of anilines is 1. The molecule has 2 aromatic carbocycles. The number of carbonyl (C=O) groups is 2. The van der Waals surface area contributed by atoms with Crippen molar-refractivity contribution >= 4 is 40.2 Å². The Balaban J connectivity index is 1.44. The lowest BCUT2D eigenvalue weighted by Crippen LogP contribution is -2.22. The summed E-state index contributed by atoms with van der Waals surface area (Å²) in [6.07, 6.45) is 3.59. The van der Waals surface area contributed by atoms with Crippen molar-refractivity contribution < 1.29 is 14.3 Å². The van der Waals surface area contributed by atoms with E-state index in [1.54, 1.807) is 17.8 Å². The lowest BCUT2D eigenvalue weighted by Gasteiger charge is -2.12. The van der Waals surface area contributed by atoms with Crippen LogP contribution in [0.2, 0.25) is 0 Å². The number of pyridine rings is 1. The number of amides is 1. The quantitative estimate of drug-likeness (QED) is 0.449. The van der Waals surface area contributed by atoms with Crippen LogP contribution in [0.25, 0.3) is 22.6 Å². The number of allylic oxidation sites excluding steroid dienone is 1. The largest absolute Gasteiger partial charge is 0.452 e. The third-order valence-corrected chi connectivity index (χ3v) is 5.89. The molecule has 0 atom stereocenters. The Bertz CT molecular complexity index is 1440. The molecule has 0 saturated carbocycles. The molecular formula is C27H24N4O3. The van der Waals surface area contributed by atoms with Crippen molar-refractivity contribution in [2.24, 2.45) is 7.05 Å². The van der Waals surface area contributed by atoms with Gasteiger partial charge in [-0.2, -0.15) is 5.10 Å². The average Bonchev–Trinajstić information content (AvgIpc) is 3.37. The van der Waals surface area contributed by atoms with Crippen LogP contribution in [0, 0.1) is 6.92 Å². The number of rotatable bonds is 5. The van der Waals surface area contributed by atoms with E-state index in [4.69, 9.17) is 9.72 Å². The molecular weight excluding hydrogens is 428 g/mol. The topological polar surface area (TPSA) is 86.1 Å². The molecule has 1 amide bonds. The van der Waals surface area contributed by atoms with Crippen LogP contribution in [-0.2, 0) is 23.0 Å². The first-order valence-corrected chi connectivity index (χ1v) is 11.1. The van der Waals surface area contributed by atoms with E-state index in [2.05, 4.69) is 16.5 Å². The number of esters is 1. The van der Waals surface area contributed by atoms with Gasteiger partial charge in [0, 0.05) is 18.5 Å². The van der Waals surface area contributed by atoms with Gasteiger partial charge in [0.1, 0.15) is 5.82 Å². The molecule has 34 heavy (non-hydrogen) atoms. The fourth-order valence-corrected chi connectivity index (χ4v) is 4.37. The van der Waals surface area contributed by atoms with Crippen LogP contribution in [0.15, 0.2) is 60.7 Å². The Hall–Kier alpha value is -4.26. The molecule has 170 valence electrons. The predicted octanol–water partition coefficient (Wildman–Crippen LogP) is 4.56. The molecule has 4 aromatic rings. The molecule has 2 aromatic heterocycles. The van der Waals surface area contributed by atoms with E-state index in [0.717, 1.165) is 45.4 Å². The number of nitrogens with zero attached hydrogens (tertiary/aromatic N) is 3. The van der Waals surface area contributed by atoms with Crippen LogP contribution in [0.5, 0.6) is 0 Å². The highest BCUT2D eigenvalue weighted by Crippen LogP contribution is 2.37. The number of benzene rings is 2. The second-order valence-electron chi connectivity index (χ2n) is 8.33. The summed E-state index contributed by atoms with van der Waals surface area (Å²) in [5.41, 5.74) is 5.87. The molecule has 0 bridgehead atoms. The number of ether oxygens (including phenoxy) is 1. The van der Waals surface area contributed by atoms with E-state index in [1.807, 2.05) is 61.5 Å². The Morgan fingerprint density at radius 1 is 1.09 bits per heavy atom. The van der Waals surface area contributed by atoms with Crippen LogP contribution < -0.4 is 5.32 Å². The zero-order chi connectivity index (χ0) is 23.7. The van der Waals surface area contributed by atoms with Gasteiger partial charge in [-0.25, -0.2) is 9.78 Å². The van der Waals surface area contributed by atoms with Gasteiger partial charge in [0.05, 0.1) is 22.5 Å². The third-order valence-electron chi connectivity index (χ3n) is 5.89. The Labute approximate surface area is 197 Å². The summed E-state index contributed by atoms with van der Waals surface area (Å²) < 4.78 is 7.04. The maximum atomic E-state index is 13.2. The smallest absolute Gasteiger partial charge is 0.339 e. The van der Waals surface area contributed by atoms with Crippen LogP contribution in [0.3, 0.4) is 0 Å². The van der Waals surface area contributed by atoms with Gasteiger partial charge in [0.15, 0.2) is 6.61 Å². The third kappa shape index (κ3) is 4.20. The lowest BCUT2D eigenvalue weighted by atomic mass is 10.0. The average molecular weight is 453 g/mol. The van der Waals surface area contributed by atoms with Gasteiger partial charge in [-0.1, -0.05) is 48.5 Å². The van der Waals surface area contributed by atoms with Gasteiger partial charge in [0.2, 0.25) is 0 Å². The first-order valence-electron chi connectivity index (χ1n) is 11.1. The zero-order valence-electron chi connectivity index (χ0n) is 19.0. The number of aryl methyl sites for hydroxylation is 2. The first kappa shape index (κ1) is 21.6. The van der Waals surface area contributed by atoms with Crippen molar-refractivity contribution in [3.8, 4) is 0 Å². The monoisotopic (exact) mass is 452 g/mol. The van der Waals surface area contributed by atoms with Crippen molar-refractivity contribution in [1.82, 2.24) is 14.8 Å². The SMILES string of the molecule is Cc1cc(NC(=O)COC(=O)c2c3c(nc4ccccc24)/C(=C/c2ccccc2)CC3)n(C)n1. The number of hydrogen-bond acceptors (Lipinski definition) is 5. The minimum Gasteiger partial charge on any atom is -0.452 e. The van der Waals surface area contributed by atoms with Crippen molar-refractivity contribution in [3.05, 3.63) is 88.7 Å². The standard InChI is InChI=1S/C27H24N4O3/c1-17-14-23(31(2)30-17)29-24(32)16-34-27(33)25-20-10-6-7-11-22(20)28-26-19(12-13-21(25)26)15-18-8-4-3-5-9-18/h3-11,14-15H,12-13,16H2,1-2H3,(H,29,32)/b19-15+. The highest BCUT2D eigenvalue weighted by Gasteiger charge is 2.28. The predicted molar refractivity (Wildman–Crippen MR) is 131 cm³/mol. The summed E-state index contributed by atoms with van der Waals surface area (Å²) in [6.45, 7) is 1.45. The number of nitrogens with one attached hydrogen (secondary N) is 1. The minimum absolute atomic E-state index is 0.388. The molecule has 0 fully saturated rings. The summed E-state index contributed by atoms with van der Waals surface area (Å²) in [7, 11) is 1.74. The van der Waals surface area contributed by atoms with Gasteiger partial charge in [-0.15, -0.1) is 0 Å². The summed E-state index contributed by atoms with van der Waals surface area (Å²) in [4.78, 5) is 30.5. The van der Waals surface area contributed by atoms with E-state index < -0.39 is 11.9 Å². The lowest BCUT2D eigenvalue weighted by molar-refractivity contribution is -0.119. The fraction of sp³-hybridized carbons (Fsp3) is 0.185. The van der Waals surface area contributed by atoms with E-state index in [-0.39, 0.29) is 6.61 Å². The molecule has 5 rings (SSSR count). The zero-order valence-corrected chi connectivity index (χ0v) is 19.0. The van der Waals surface area contributed by atoms with Gasteiger partial charge >= 0.3 is 5.97 Å². The molecule has 0 radical (unpaired) electrons. The number of aromatic nitrogens is 3. The van der Waals surface area contributed by atoms with E-state index >= 15 is 0 Å². The fourth-order valence-electron chi connectivity index (χ4n) is 4.37. The molecule has 0 saturated heterocycles. The summed E-state index contributed by atoms with van der Waals surface area (Å²) >= 11 is 0. The molecule has 0 unspecified atom stereocenters. The number of hydrogen-bond donors (Lipinski definition) is 1. The van der Waals surface area contributed by atoms with Crippen molar-refractivity contribution in [1.29, 1.82) is 0 Å². The molecule has 1 N–H and O–H groups in total. The van der Waals surface area contributed by atoms with Gasteiger partial charge < -0.3 is 10.1 Å². The molecule has 1 aliphatic rings. The Morgan fingerprint density at radius 3 is 2.62 bits per heavy atom. The van der Waals surface area contributed by atoms with Crippen LogP contribution in [0.1, 0.15) is 39.3 Å². The van der Waals surface area contributed by atoms with Gasteiger partial charge in [-0.3, -0.25) is 9.48 Å². The molecule has 1 aliphatic carbocycles. The number of para-hydroxylation sites is 1. The van der Waals surface area contributed by atoms with Crippen molar-refractivity contribution in [2.45, 2.75) is 19.8 Å². The van der Waals surface area contributed by atoms with E-state index in [9.17, 15) is 9.59 Å². The van der Waals surface area contributed by atoms with Crippen LogP contribution in [-0.4, -0.2) is 33.2 Å². The molecule has 7 nitrogen and oxygen atoms in total. The molecule has 2 heterocycles.